The first-order valence-electron chi connectivity index (χ1n) is 19.2. The van der Waals surface area contributed by atoms with Gasteiger partial charge in [-0.1, -0.05) is 164 Å². The summed E-state index contributed by atoms with van der Waals surface area (Å²) in [5.74, 6) is 0. The molecule has 0 aromatic heterocycles. The number of fused-ring (bicyclic) bond motifs is 7. The van der Waals surface area contributed by atoms with Crippen molar-refractivity contribution >= 4 is 40.0 Å². The second-order valence-electron chi connectivity index (χ2n) is 14.3. The van der Waals surface area contributed by atoms with Gasteiger partial charge in [0.25, 0.3) is 0 Å². The molecule has 7 aromatic carbocycles. The summed E-state index contributed by atoms with van der Waals surface area (Å²) in [6.45, 7) is 6.67. The van der Waals surface area contributed by atoms with E-state index in [0.717, 1.165) is 22.7 Å². The van der Waals surface area contributed by atoms with Crippen molar-refractivity contribution in [2.45, 2.75) is 12.3 Å². The first-order chi connectivity index (χ1) is 27.7. The molecule has 9 rings (SSSR count). The van der Waals surface area contributed by atoms with Gasteiger partial charge in [-0.25, -0.2) is 0 Å². The number of anilines is 4. The normalized spacial score (nSPS) is 15.4. The van der Waals surface area contributed by atoms with Crippen molar-refractivity contribution < 1.29 is 0 Å². The number of allylic oxidation sites excluding steroid dienone is 7. The quantitative estimate of drug-likeness (QED) is 0.142. The minimum Gasteiger partial charge on any atom is -0.362 e. The van der Waals surface area contributed by atoms with Crippen molar-refractivity contribution in [3.05, 3.63) is 258 Å². The second kappa shape index (κ2) is 14.9. The summed E-state index contributed by atoms with van der Waals surface area (Å²) < 4.78 is 0. The number of benzene rings is 7. The number of aryl methyl sites for hydroxylation is 1. The zero-order valence-electron chi connectivity index (χ0n) is 31.4. The van der Waals surface area contributed by atoms with Gasteiger partial charge in [0.05, 0.1) is 5.41 Å². The summed E-state index contributed by atoms with van der Waals surface area (Å²) in [7, 11) is 0. The van der Waals surface area contributed by atoms with Crippen molar-refractivity contribution in [3.8, 4) is 11.1 Å². The molecule has 2 heteroatoms. The van der Waals surface area contributed by atoms with Crippen LogP contribution in [0.25, 0.3) is 28.3 Å². The maximum absolute atomic E-state index is 4.45. The van der Waals surface area contributed by atoms with Crippen LogP contribution < -0.4 is 10.2 Å². The Morgan fingerprint density at radius 3 is 1.79 bits per heavy atom. The Labute approximate surface area is 330 Å². The number of nitrogens with one attached hydrogen (secondary N) is 1. The SMILES string of the molecule is C=CC1=C(c2ccccc2C)C2(c3ccccc31)c1cc(N/C=C/C=C\C=C/c3ccccc3)ccc1-c1ccc(N(c3ccccc3)c3ccccc3)cc12. The van der Waals surface area contributed by atoms with Gasteiger partial charge in [-0.3, -0.25) is 0 Å². The van der Waals surface area contributed by atoms with Gasteiger partial charge in [0.2, 0.25) is 0 Å². The molecule has 1 spiro atoms. The number of hydrogen-bond acceptors (Lipinski definition) is 2. The predicted molar refractivity (Wildman–Crippen MR) is 238 cm³/mol. The monoisotopic (exact) mass is 718 g/mol. The molecule has 0 radical (unpaired) electrons. The highest BCUT2D eigenvalue weighted by molar-refractivity contribution is 6.12. The van der Waals surface area contributed by atoms with E-state index in [0.29, 0.717) is 0 Å². The lowest BCUT2D eigenvalue weighted by molar-refractivity contribution is 0.841. The van der Waals surface area contributed by atoms with E-state index < -0.39 is 5.41 Å². The number of nitrogens with zero attached hydrogens (tertiary/aromatic N) is 1. The molecule has 0 aliphatic heterocycles. The third kappa shape index (κ3) is 5.93. The molecule has 0 saturated heterocycles. The first-order valence-corrected chi connectivity index (χ1v) is 19.2. The average Bonchev–Trinajstić information content (AvgIpc) is 3.71. The summed E-state index contributed by atoms with van der Waals surface area (Å²) in [6, 6.07) is 63.3. The molecule has 0 amide bonds. The molecule has 1 atom stereocenters. The fraction of sp³-hybridized carbons (Fsp3) is 0.0370. The van der Waals surface area contributed by atoms with Crippen LogP contribution in [0.4, 0.5) is 22.7 Å². The van der Waals surface area contributed by atoms with Crippen molar-refractivity contribution in [3.63, 3.8) is 0 Å². The van der Waals surface area contributed by atoms with E-state index in [2.05, 4.69) is 218 Å². The highest BCUT2D eigenvalue weighted by Crippen LogP contribution is 2.65. The van der Waals surface area contributed by atoms with Crippen LogP contribution in [-0.2, 0) is 5.41 Å². The van der Waals surface area contributed by atoms with Crippen molar-refractivity contribution in [2.24, 2.45) is 0 Å². The van der Waals surface area contributed by atoms with Gasteiger partial charge < -0.3 is 10.2 Å². The van der Waals surface area contributed by atoms with Crippen LogP contribution in [0.15, 0.2) is 219 Å². The minimum atomic E-state index is -0.602. The molecule has 0 bridgehead atoms. The van der Waals surface area contributed by atoms with Gasteiger partial charge in [-0.2, -0.15) is 0 Å². The smallest absolute Gasteiger partial charge is 0.0732 e. The fourth-order valence-corrected chi connectivity index (χ4v) is 8.69. The van der Waals surface area contributed by atoms with E-state index in [-0.39, 0.29) is 0 Å². The average molecular weight is 719 g/mol. The highest BCUT2D eigenvalue weighted by Gasteiger charge is 2.53. The number of hydrogen-bond donors (Lipinski definition) is 1. The van der Waals surface area contributed by atoms with E-state index in [4.69, 9.17) is 0 Å². The van der Waals surface area contributed by atoms with Crippen LogP contribution >= 0.6 is 0 Å². The van der Waals surface area contributed by atoms with E-state index in [1.807, 2.05) is 24.4 Å². The summed E-state index contributed by atoms with van der Waals surface area (Å²) in [5.41, 5.74) is 17.4. The zero-order valence-corrected chi connectivity index (χ0v) is 31.4. The van der Waals surface area contributed by atoms with Crippen LogP contribution in [0, 0.1) is 6.92 Å². The molecule has 56 heavy (non-hydrogen) atoms. The Hall–Kier alpha value is -7.16. The molecule has 1 N–H and O–H groups in total. The second-order valence-corrected chi connectivity index (χ2v) is 14.3. The third-order valence-electron chi connectivity index (χ3n) is 11.1. The van der Waals surface area contributed by atoms with Crippen LogP contribution in [0.1, 0.15) is 38.9 Å². The number of para-hydroxylation sites is 2. The maximum atomic E-state index is 4.45. The molecular formula is C54H42N2. The largest absolute Gasteiger partial charge is 0.362 e. The van der Waals surface area contributed by atoms with Crippen LogP contribution in [0.2, 0.25) is 0 Å². The molecule has 0 fully saturated rings. The maximum Gasteiger partial charge on any atom is 0.0732 e. The summed E-state index contributed by atoms with van der Waals surface area (Å²) in [4.78, 5) is 2.36. The Balaban J connectivity index is 1.23. The lowest BCUT2D eigenvalue weighted by Crippen LogP contribution is -2.27. The third-order valence-corrected chi connectivity index (χ3v) is 11.1. The molecule has 268 valence electrons. The van der Waals surface area contributed by atoms with Crippen molar-refractivity contribution in [1.82, 2.24) is 0 Å². The van der Waals surface area contributed by atoms with E-state index >= 15 is 0 Å². The van der Waals surface area contributed by atoms with Gasteiger partial charge in [0, 0.05) is 28.9 Å². The van der Waals surface area contributed by atoms with Gasteiger partial charge >= 0.3 is 0 Å². The van der Waals surface area contributed by atoms with E-state index in [1.54, 1.807) is 0 Å². The van der Waals surface area contributed by atoms with Crippen LogP contribution in [0.5, 0.6) is 0 Å². The molecular weight excluding hydrogens is 677 g/mol. The first kappa shape index (κ1) is 34.6. The Bertz CT molecular complexity index is 2640. The lowest BCUT2D eigenvalue weighted by atomic mass is 9.67. The molecule has 2 aliphatic carbocycles. The minimum absolute atomic E-state index is 0.602. The summed E-state index contributed by atoms with van der Waals surface area (Å²) in [6.07, 6.45) is 14.4. The molecule has 0 saturated carbocycles. The molecule has 2 nitrogen and oxygen atoms in total. The van der Waals surface area contributed by atoms with Crippen LogP contribution in [0.3, 0.4) is 0 Å². The molecule has 0 heterocycles. The zero-order chi connectivity index (χ0) is 37.9. The van der Waals surface area contributed by atoms with Gasteiger partial charge in [-0.05, 0) is 123 Å². The number of rotatable bonds is 10. The van der Waals surface area contributed by atoms with Gasteiger partial charge in [-0.15, -0.1) is 0 Å². The summed E-state index contributed by atoms with van der Waals surface area (Å²) >= 11 is 0. The fourth-order valence-electron chi connectivity index (χ4n) is 8.69. The Morgan fingerprint density at radius 2 is 1.09 bits per heavy atom. The topological polar surface area (TPSA) is 15.3 Å². The van der Waals surface area contributed by atoms with Crippen LogP contribution in [-0.4, -0.2) is 0 Å². The lowest BCUT2D eigenvalue weighted by Gasteiger charge is -2.35. The predicted octanol–water partition coefficient (Wildman–Crippen LogP) is 14.1. The van der Waals surface area contributed by atoms with Crippen molar-refractivity contribution in [1.29, 1.82) is 0 Å². The van der Waals surface area contributed by atoms with Gasteiger partial charge in [0.15, 0.2) is 0 Å². The highest BCUT2D eigenvalue weighted by atomic mass is 15.1. The Morgan fingerprint density at radius 1 is 0.500 bits per heavy atom. The standard InChI is InChI=1S/C54H42N2/c1-3-45-47-30-18-19-31-50(47)54(53(45)46-29-17-16-21-39(46)2)51-37-41(55-36-20-5-4-9-22-40-23-10-6-11-24-40)32-34-48(51)49-35-33-44(38-52(49)54)56(42-25-12-7-13-26-42)43-27-14-8-15-28-43/h3-38,55H,1H2,2H3/b5-4-,22-9-,36-20+. The molecule has 1 unspecified atom stereocenters. The van der Waals surface area contributed by atoms with E-state index in [1.165, 1.54) is 61.2 Å². The van der Waals surface area contributed by atoms with E-state index in [9.17, 15) is 0 Å². The van der Waals surface area contributed by atoms with Gasteiger partial charge in [0.1, 0.15) is 0 Å². The molecule has 2 aliphatic rings. The Kier molecular flexibility index (Phi) is 9.23. The summed E-state index contributed by atoms with van der Waals surface area (Å²) in [5, 5.41) is 3.60. The van der Waals surface area contributed by atoms with Crippen molar-refractivity contribution in [2.75, 3.05) is 10.2 Å². The molecule has 7 aromatic rings.